The number of aliphatic hydroxyl groups excluding tert-OH is 1. The Bertz CT molecular complexity index is 960. The number of rotatable bonds is 8. The highest BCUT2D eigenvalue weighted by Crippen LogP contribution is 2.34. The topological polar surface area (TPSA) is 86.5 Å². The highest BCUT2D eigenvalue weighted by Gasteiger charge is 2.32. The summed E-state index contributed by atoms with van der Waals surface area (Å²) < 4.78 is 12.3. The predicted octanol–water partition coefficient (Wildman–Crippen LogP) is 2.91. The summed E-state index contributed by atoms with van der Waals surface area (Å²) in [6.07, 6.45) is 3.53. The second kappa shape index (κ2) is 7.82. The fourth-order valence-electron chi connectivity index (χ4n) is 2.96. The van der Waals surface area contributed by atoms with Gasteiger partial charge in [0, 0.05) is 17.5 Å². The standard InChI is InChI=1S/C21H21N3O4/c1-27-20-9-6-16(13-22-20)24-19(12-18(23-24)21(26)15-2-3-15)14-4-7-17(8-5-14)28-11-10-25/h4-9,12-13,15,25H,2-3,10-11H2,1H3. The summed E-state index contributed by atoms with van der Waals surface area (Å²) in [4.78, 5) is 16.8. The molecule has 2 heterocycles. The predicted molar refractivity (Wildman–Crippen MR) is 103 cm³/mol. The zero-order valence-electron chi connectivity index (χ0n) is 15.5. The summed E-state index contributed by atoms with van der Waals surface area (Å²) in [5, 5.41) is 13.4. The van der Waals surface area contributed by atoms with E-state index in [1.54, 1.807) is 24.1 Å². The van der Waals surface area contributed by atoms with Crippen LogP contribution in [0.25, 0.3) is 16.9 Å². The number of aromatic nitrogens is 3. The molecule has 7 heteroatoms. The molecule has 2 aromatic heterocycles. The number of benzene rings is 1. The van der Waals surface area contributed by atoms with E-state index in [1.807, 2.05) is 36.4 Å². The monoisotopic (exact) mass is 379 g/mol. The molecule has 0 unspecified atom stereocenters. The van der Waals surface area contributed by atoms with Crippen LogP contribution >= 0.6 is 0 Å². The van der Waals surface area contributed by atoms with Crippen LogP contribution < -0.4 is 9.47 Å². The summed E-state index contributed by atoms with van der Waals surface area (Å²) in [6.45, 7) is 0.209. The molecule has 0 radical (unpaired) electrons. The average Bonchev–Trinajstić information content (AvgIpc) is 3.50. The maximum Gasteiger partial charge on any atom is 0.213 e. The molecule has 0 saturated heterocycles. The SMILES string of the molecule is COc1ccc(-n2nc(C(=O)C3CC3)cc2-c2ccc(OCCO)cc2)cn1. The lowest BCUT2D eigenvalue weighted by molar-refractivity contribution is 0.0962. The third-order valence-electron chi connectivity index (χ3n) is 4.59. The summed E-state index contributed by atoms with van der Waals surface area (Å²) in [7, 11) is 1.56. The Balaban J connectivity index is 1.72. The lowest BCUT2D eigenvalue weighted by atomic mass is 10.1. The molecule has 1 aliphatic rings. The number of ether oxygens (including phenoxy) is 2. The van der Waals surface area contributed by atoms with Crippen molar-refractivity contribution >= 4 is 5.78 Å². The molecule has 0 bridgehead atoms. The molecule has 1 N–H and O–H groups in total. The first-order chi connectivity index (χ1) is 13.7. The quantitative estimate of drug-likeness (QED) is 0.606. The highest BCUT2D eigenvalue weighted by atomic mass is 16.5. The fourth-order valence-corrected chi connectivity index (χ4v) is 2.96. The molecule has 1 aliphatic carbocycles. The van der Waals surface area contributed by atoms with Crippen molar-refractivity contribution in [2.24, 2.45) is 5.92 Å². The molecule has 0 spiro atoms. The second-order valence-corrected chi connectivity index (χ2v) is 6.62. The lowest BCUT2D eigenvalue weighted by Gasteiger charge is -2.09. The maximum atomic E-state index is 12.6. The molecule has 1 saturated carbocycles. The third kappa shape index (κ3) is 3.75. The first-order valence-corrected chi connectivity index (χ1v) is 9.18. The first-order valence-electron chi connectivity index (χ1n) is 9.18. The van der Waals surface area contributed by atoms with Crippen LogP contribution in [0, 0.1) is 5.92 Å². The molecule has 1 fully saturated rings. The number of hydrogen-bond acceptors (Lipinski definition) is 6. The Morgan fingerprint density at radius 2 is 2.00 bits per heavy atom. The number of carbonyl (C=O) groups excluding carboxylic acids is 1. The van der Waals surface area contributed by atoms with Gasteiger partial charge in [0.1, 0.15) is 18.1 Å². The van der Waals surface area contributed by atoms with E-state index in [0.717, 1.165) is 29.8 Å². The van der Waals surface area contributed by atoms with Crippen molar-refractivity contribution in [2.75, 3.05) is 20.3 Å². The second-order valence-electron chi connectivity index (χ2n) is 6.62. The minimum atomic E-state index is -0.0361. The van der Waals surface area contributed by atoms with Gasteiger partial charge < -0.3 is 14.6 Å². The minimum Gasteiger partial charge on any atom is -0.491 e. The summed E-state index contributed by atoms with van der Waals surface area (Å²) in [6, 6.07) is 12.9. The fraction of sp³-hybridized carbons (Fsp3) is 0.286. The van der Waals surface area contributed by atoms with Gasteiger partial charge in [0.15, 0.2) is 5.78 Å². The summed E-state index contributed by atoms with van der Waals surface area (Å²) >= 11 is 0. The van der Waals surface area contributed by atoms with E-state index in [4.69, 9.17) is 14.6 Å². The number of aliphatic hydroxyl groups is 1. The van der Waals surface area contributed by atoms with Crippen molar-refractivity contribution in [3.05, 3.63) is 54.4 Å². The van der Waals surface area contributed by atoms with Crippen LogP contribution in [-0.4, -0.2) is 46.0 Å². The largest absolute Gasteiger partial charge is 0.491 e. The van der Waals surface area contributed by atoms with Gasteiger partial charge in [-0.25, -0.2) is 9.67 Å². The molecule has 28 heavy (non-hydrogen) atoms. The third-order valence-corrected chi connectivity index (χ3v) is 4.59. The Hall–Kier alpha value is -3.19. The van der Waals surface area contributed by atoms with E-state index >= 15 is 0 Å². The maximum absolute atomic E-state index is 12.6. The van der Waals surface area contributed by atoms with Gasteiger partial charge in [-0.3, -0.25) is 4.79 Å². The number of methoxy groups -OCH3 is 1. The Kier molecular flexibility index (Phi) is 5.08. The van der Waals surface area contributed by atoms with Crippen molar-refractivity contribution in [1.82, 2.24) is 14.8 Å². The molecule has 0 amide bonds. The van der Waals surface area contributed by atoms with Gasteiger partial charge in [-0.2, -0.15) is 5.10 Å². The number of Topliss-reactive ketones (excluding diaryl/α,β-unsaturated/α-hetero) is 1. The number of nitrogens with zero attached hydrogens (tertiary/aromatic N) is 3. The Labute approximate surface area is 162 Å². The zero-order chi connectivity index (χ0) is 19.5. The van der Waals surface area contributed by atoms with E-state index < -0.39 is 0 Å². The summed E-state index contributed by atoms with van der Waals surface area (Å²) in [5.74, 6) is 1.37. The molecule has 7 nitrogen and oxygen atoms in total. The van der Waals surface area contributed by atoms with E-state index in [0.29, 0.717) is 17.3 Å². The molecule has 4 rings (SSSR count). The van der Waals surface area contributed by atoms with Gasteiger partial charge in [-0.15, -0.1) is 0 Å². The van der Waals surface area contributed by atoms with Crippen molar-refractivity contribution in [3.8, 4) is 28.6 Å². The molecule has 0 aliphatic heterocycles. The van der Waals surface area contributed by atoms with Gasteiger partial charge in [0.25, 0.3) is 0 Å². The smallest absolute Gasteiger partial charge is 0.213 e. The first kappa shape index (κ1) is 18.2. The van der Waals surface area contributed by atoms with Gasteiger partial charge in [0.2, 0.25) is 5.88 Å². The van der Waals surface area contributed by atoms with E-state index in [9.17, 15) is 4.79 Å². The van der Waals surface area contributed by atoms with Crippen LogP contribution in [0.15, 0.2) is 48.7 Å². The van der Waals surface area contributed by atoms with Crippen molar-refractivity contribution < 1.29 is 19.4 Å². The lowest BCUT2D eigenvalue weighted by Crippen LogP contribution is -2.05. The average molecular weight is 379 g/mol. The Morgan fingerprint density at radius 1 is 1.21 bits per heavy atom. The van der Waals surface area contributed by atoms with E-state index in [2.05, 4.69) is 10.1 Å². The van der Waals surface area contributed by atoms with Crippen LogP contribution in [-0.2, 0) is 0 Å². The van der Waals surface area contributed by atoms with E-state index in [-0.39, 0.29) is 24.9 Å². The van der Waals surface area contributed by atoms with Crippen molar-refractivity contribution in [3.63, 3.8) is 0 Å². The van der Waals surface area contributed by atoms with Crippen molar-refractivity contribution in [2.45, 2.75) is 12.8 Å². The van der Waals surface area contributed by atoms with Crippen LogP contribution in [0.4, 0.5) is 0 Å². The van der Waals surface area contributed by atoms with Crippen LogP contribution in [0.2, 0.25) is 0 Å². The van der Waals surface area contributed by atoms with Gasteiger partial charge >= 0.3 is 0 Å². The van der Waals surface area contributed by atoms with Gasteiger partial charge in [0.05, 0.1) is 31.3 Å². The zero-order valence-corrected chi connectivity index (χ0v) is 15.5. The molecule has 0 atom stereocenters. The van der Waals surface area contributed by atoms with Crippen LogP contribution in [0.1, 0.15) is 23.3 Å². The normalized spacial score (nSPS) is 13.4. The van der Waals surface area contributed by atoms with Crippen LogP contribution in [0.3, 0.4) is 0 Å². The molecule has 3 aromatic rings. The van der Waals surface area contributed by atoms with Gasteiger partial charge in [-0.1, -0.05) is 0 Å². The number of hydrogen-bond donors (Lipinski definition) is 1. The minimum absolute atomic E-state index is 0.0361. The van der Waals surface area contributed by atoms with Crippen molar-refractivity contribution in [1.29, 1.82) is 0 Å². The Morgan fingerprint density at radius 3 is 2.61 bits per heavy atom. The number of ketones is 1. The van der Waals surface area contributed by atoms with Gasteiger partial charge in [-0.05, 0) is 49.2 Å². The number of carbonyl (C=O) groups is 1. The number of pyridine rings is 1. The van der Waals surface area contributed by atoms with E-state index in [1.165, 1.54) is 0 Å². The summed E-state index contributed by atoms with van der Waals surface area (Å²) in [5.41, 5.74) is 2.90. The molecular formula is C21H21N3O4. The molecule has 1 aromatic carbocycles. The van der Waals surface area contributed by atoms with Crippen LogP contribution in [0.5, 0.6) is 11.6 Å². The highest BCUT2D eigenvalue weighted by molar-refractivity contribution is 5.98. The molecule has 144 valence electrons. The molecular weight excluding hydrogens is 358 g/mol.